The van der Waals surface area contributed by atoms with Crippen LogP contribution in [0, 0.1) is 0 Å². The molecule has 0 N–H and O–H groups in total. The molecule has 98 heavy (non-hydrogen) atoms. The summed E-state index contributed by atoms with van der Waals surface area (Å²) < 4.78 is 9.70. The number of para-hydroxylation sites is 6. The second-order valence-electron chi connectivity index (χ2n) is 26.2. The Bertz CT molecular complexity index is 6850. The Morgan fingerprint density at radius 2 is 0.469 bits per heavy atom. The fourth-order valence-electron chi connectivity index (χ4n) is 16.9. The third kappa shape index (κ3) is 8.00. The van der Waals surface area contributed by atoms with Gasteiger partial charge in [0.2, 0.25) is 0 Å². The molecule has 0 amide bonds. The highest BCUT2D eigenvalue weighted by Gasteiger charge is 2.25. The Labute approximate surface area is 564 Å². The molecule has 0 saturated carbocycles. The molecule has 21 aromatic rings. The minimum Gasteiger partial charge on any atom is -0.309 e. The average Bonchev–Trinajstić information content (AvgIpc) is 1.49. The minimum atomic E-state index is 1.17. The van der Waals surface area contributed by atoms with Gasteiger partial charge in [0.1, 0.15) is 0 Å². The predicted molar refractivity (Wildman–Crippen MR) is 416 cm³/mol. The highest BCUT2D eigenvalue weighted by molar-refractivity contribution is 6.26. The molecule has 4 heteroatoms. The number of fused-ring (bicyclic) bond motifs is 21. The van der Waals surface area contributed by atoms with E-state index in [0.717, 1.165) is 0 Å². The fourth-order valence-corrected chi connectivity index (χ4v) is 16.9. The number of benzene rings is 17. The first-order valence-corrected chi connectivity index (χ1v) is 33.9. The second kappa shape index (κ2) is 21.2. The summed E-state index contributed by atoms with van der Waals surface area (Å²) in [7, 11) is 0. The van der Waals surface area contributed by atoms with E-state index in [2.05, 4.69) is 370 Å². The Hall–Kier alpha value is -13.0. The monoisotopic (exact) mass is 1240 g/mol. The molecule has 0 saturated heterocycles. The first-order chi connectivity index (χ1) is 48.6. The van der Waals surface area contributed by atoms with Gasteiger partial charge < -0.3 is 18.3 Å². The molecule has 0 bridgehead atoms. The van der Waals surface area contributed by atoms with Crippen molar-refractivity contribution in [2.45, 2.75) is 0 Å². The van der Waals surface area contributed by atoms with Crippen LogP contribution >= 0.6 is 0 Å². The van der Waals surface area contributed by atoms with E-state index in [0.29, 0.717) is 0 Å². The van der Waals surface area contributed by atoms with Crippen LogP contribution in [0.1, 0.15) is 0 Å². The van der Waals surface area contributed by atoms with Gasteiger partial charge in [0.15, 0.2) is 0 Å². The normalized spacial score (nSPS) is 12.1. The lowest BCUT2D eigenvalue weighted by Gasteiger charge is -2.14. The summed E-state index contributed by atoms with van der Waals surface area (Å²) in [5.74, 6) is 0. The van der Waals surface area contributed by atoms with Crippen molar-refractivity contribution in [1.82, 2.24) is 18.3 Å². The van der Waals surface area contributed by atoms with Gasteiger partial charge in [0.05, 0.1) is 49.8 Å². The average molecular weight is 1240 g/mol. The van der Waals surface area contributed by atoms with Crippen molar-refractivity contribution in [3.8, 4) is 67.3 Å². The number of aromatic nitrogens is 4. The van der Waals surface area contributed by atoms with Crippen LogP contribution in [0.25, 0.3) is 198 Å². The summed E-state index contributed by atoms with van der Waals surface area (Å²) in [6, 6.07) is 129. The molecule has 4 heterocycles. The third-order valence-electron chi connectivity index (χ3n) is 21.1. The molecule has 0 spiro atoms. The van der Waals surface area contributed by atoms with Gasteiger partial charge in [-0.25, -0.2) is 0 Å². The molecular weight excluding hydrogens is 1190 g/mol. The van der Waals surface area contributed by atoms with Crippen LogP contribution in [-0.2, 0) is 0 Å². The van der Waals surface area contributed by atoms with Crippen LogP contribution in [0.3, 0.4) is 0 Å². The topological polar surface area (TPSA) is 19.7 Å². The third-order valence-corrected chi connectivity index (χ3v) is 21.1. The number of nitrogens with zero attached hydrogens (tertiary/aromatic N) is 4. The van der Waals surface area contributed by atoms with Crippen LogP contribution in [0.5, 0.6) is 0 Å². The molecule has 0 unspecified atom stereocenters. The summed E-state index contributed by atoms with van der Waals surface area (Å²) in [6.07, 6.45) is 0. The van der Waals surface area contributed by atoms with Crippen LogP contribution in [0.15, 0.2) is 352 Å². The molecule has 1 aliphatic rings. The summed E-state index contributed by atoms with van der Waals surface area (Å²) in [5.41, 5.74) is 24.6. The second-order valence-corrected chi connectivity index (χ2v) is 26.2. The zero-order chi connectivity index (χ0) is 64.1. The molecule has 22 rings (SSSR count). The maximum atomic E-state index is 2.47. The van der Waals surface area contributed by atoms with E-state index in [1.807, 2.05) is 0 Å². The van der Waals surface area contributed by atoms with Crippen LogP contribution in [-0.4, -0.2) is 18.3 Å². The van der Waals surface area contributed by atoms with E-state index >= 15 is 0 Å². The molecule has 4 aromatic heterocycles. The fraction of sp³-hybridized carbons (Fsp3) is 0. The van der Waals surface area contributed by atoms with E-state index in [9.17, 15) is 0 Å². The minimum absolute atomic E-state index is 1.17. The molecule has 17 aromatic carbocycles. The maximum Gasteiger partial charge on any atom is 0.0547 e. The standard InChI is InChI=1S/C48H30N2.C46H28N2/c1-2-12-33(13-3-1)49-45-20-10-8-18-40(45)42-25-22-32(29-48(42)49)31-23-27-47-44(28-31)41-19-9-11-21-46(41)50(47)34-24-26-39-37-16-5-4-14-35(37)36-15-6-7-17-38(36)43(39)30-34;1-2-11-31(12-3-1)47-41-19-8-6-15-34(41)36-23-21-30(28-45(36)47)29-22-25-44-40(27-29)35-16-7-9-20-42(35)48(44)43-26-24-38-33-14-5-4-13-32(33)37-17-10-18-39(43)46(37)38/h1-30H;1-28H. The van der Waals surface area contributed by atoms with Crippen molar-refractivity contribution in [2.75, 3.05) is 0 Å². The highest BCUT2D eigenvalue weighted by atomic mass is 15.0. The van der Waals surface area contributed by atoms with Crippen molar-refractivity contribution in [3.63, 3.8) is 0 Å². The van der Waals surface area contributed by atoms with E-state index in [-0.39, 0.29) is 0 Å². The van der Waals surface area contributed by atoms with Crippen LogP contribution in [0.4, 0.5) is 0 Å². The Morgan fingerprint density at radius 1 is 0.143 bits per heavy atom. The number of rotatable bonds is 6. The van der Waals surface area contributed by atoms with Gasteiger partial charge in [-0.2, -0.15) is 0 Å². The van der Waals surface area contributed by atoms with Gasteiger partial charge in [0, 0.05) is 65.5 Å². The maximum absolute atomic E-state index is 2.47. The van der Waals surface area contributed by atoms with Crippen LogP contribution < -0.4 is 0 Å². The van der Waals surface area contributed by atoms with Crippen LogP contribution in [0.2, 0.25) is 0 Å². The lowest BCUT2D eigenvalue weighted by Crippen LogP contribution is -1.96. The van der Waals surface area contributed by atoms with Crippen molar-refractivity contribution in [2.24, 2.45) is 0 Å². The predicted octanol–water partition coefficient (Wildman–Crippen LogP) is 25.4. The molecule has 454 valence electrons. The first-order valence-electron chi connectivity index (χ1n) is 33.9. The van der Waals surface area contributed by atoms with Gasteiger partial charge in [-0.3, -0.25) is 0 Å². The zero-order valence-corrected chi connectivity index (χ0v) is 53.3. The summed E-state index contributed by atoms with van der Waals surface area (Å²) in [4.78, 5) is 0. The molecule has 1 aliphatic carbocycles. The van der Waals surface area contributed by atoms with E-state index in [4.69, 9.17) is 0 Å². The molecule has 0 radical (unpaired) electrons. The van der Waals surface area contributed by atoms with Crippen molar-refractivity contribution in [3.05, 3.63) is 352 Å². The van der Waals surface area contributed by atoms with Gasteiger partial charge in [-0.1, -0.05) is 249 Å². The molecule has 0 atom stereocenters. The zero-order valence-electron chi connectivity index (χ0n) is 53.3. The summed E-state index contributed by atoms with van der Waals surface area (Å²) in [6.45, 7) is 0. The molecular formula is C94H58N4. The quantitative estimate of drug-likeness (QED) is 0.148. The first kappa shape index (κ1) is 54.4. The lowest BCUT2D eigenvalue weighted by atomic mass is 9.94. The Balaban J connectivity index is 0.000000129. The smallest absolute Gasteiger partial charge is 0.0547 e. The lowest BCUT2D eigenvalue weighted by molar-refractivity contribution is 1.18. The van der Waals surface area contributed by atoms with Gasteiger partial charge in [-0.15, -0.1) is 0 Å². The molecule has 0 fully saturated rings. The van der Waals surface area contributed by atoms with Gasteiger partial charge >= 0.3 is 0 Å². The number of hydrogen-bond donors (Lipinski definition) is 0. The van der Waals surface area contributed by atoms with Gasteiger partial charge in [0.25, 0.3) is 0 Å². The van der Waals surface area contributed by atoms with Crippen molar-refractivity contribution < 1.29 is 0 Å². The van der Waals surface area contributed by atoms with E-state index < -0.39 is 0 Å². The Morgan fingerprint density at radius 3 is 0.980 bits per heavy atom. The highest BCUT2D eigenvalue weighted by Crippen LogP contribution is 2.50. The largest absolute Gasteiger partial charge is 0.309 e. The number of hydrogen-bond acceptors (Lipinski definition) is 0. The summed E-state index contributed by atoms with van der Waals surface area (Å²) >= 11 is 0. The Kier molecular flexibility index (Phi) is 11.8. The molecule has 4 nitrogen and oxygen atoms in total. The summed E-state index contributed by atoms with van der Waals surface area (Å²) in [5, 5.41) is 20.5. The van der Waals surface area contributed by atoms with Gasteiger partial charge in [-0.05, 0) is 185 Å². The SMILES string of the molecule is c1ccc(-n2c3ccccc3c3ccc(-c4ccc5c(c4)c4ccccc4n5-c4ccc5c6c(cccc46)-c4ccccc4-5)cc32)cc1.c1ccc(-n2c3ccccc3c3ccc(-c4ccc5c(c4)c4ccccc4n5-c4ccc5c6ccccc6c6ccccc6c5c4)cc32)cc1. The molecule has 0 aliphatic heterocycles. The van der Waals surface area contributed by atoms with E-state index in [1.54, 1.807) is 0 Å². The van der Waals surface area contributed by atoms with Crippen molar-refractivity contribution >= 4 is 130 Å². The van der Waals surface area contributed by atoms with Crippen molar-refractivity contribution in [1.29, 1.82) is 0 Å². The van der Waals surface area contributed by atoms with E-state index in [1.165, 1.54) is 198 Å².